The summed E-state index contributed by atoms with van der Waals surface area (Å²) in [7, 11) is 0. The zero-order valence-electron chi connectivity index (χ0n) is 10.3. The van der Waals surface area contributed by atoms with Crippen LogP contribution in [0.4, 0.5) is 0 Å². The summed E-state index contributed by atoms with van der Waals surface area (Å²) in [5.74, 6) is 0. The van der Waals surface area contributed by atoms with Crippen LogP contribution in [0.3, 0.4) is 0 Å². The highest BCUT2D eigenvalue weighted by Gasteiger charge is 2.34. The fourth-order valence-electron chi connectivity index (χ4n) is 2.43. The first kappa shape index (κ1) is 12.9. The molecule has 2 heteroatoms. The molecule has 0 fully saturated rings. The summed E-state index contributed by atoms with van der Waals surface area (Å²) >= 11 is 0. The molecule has 0 aromatic carbocycles. The van der Waals surface area contributed by atoms with Crippen LogP contribution in [0.5, 0.6) is 0 Å². The van der Waals surface area contributed by atoms with E-state index in [1.165, 1.54) is 0 Å². The summed E-state index contributed by atoms with van der Waals surface area (Å²) in [6.07, 6.45) is 0. The average molecular weight is 186 g/mol. The van der Waals surface area contributed by atoms with Crippen LogP contribution in [0.1, 0.15) is 48.5 Å². The quantitative estimate of drug-likeness (QED) is 0.716. The lowest BCUT2D eigenvalue weighted by Crippen LogP contribution is -2.58. The molecule has 1 atom stereocenters. The Labute approximate surface area is 83.5 Å². The Morgan fingerprint density at radius 3 is 1.38 bits per heavy atom. The lowest BCUT2D eigenvalue weighted by atomic mass is 9.93. The second kappa shape index (κ2) is 3.97. The third-order valence-electron chi connectivity index (χ3n) is 2.23. The normalized spacial score (nSPS) is 16.4. The highest BCUT2D eigenvalue weighted by Crippen LogP contribution is 2.26. The molecule has 0 aliphatic heterocycles. The molecule has 0 aliphatic rings. The Hall–Kier alpha value is -0.0800. The van der Waals surface area contributed by atoms with Gasteiger partial charge in [-0.25, -0.2) is 0 Å². The maximum absolute atomic E-state index is 5.72. The van der Waals surface area contributed by atoms with Crippen molar-refractivity contribution in [1.82, 2.24) is 4.90 Å². The Bertz CT molecular complexity index is 136. The molecule has 80 valence electrons. The zero-order chi connectivity index (χ0) is 10.9. The number of nitrogens with zero attached hydrogens (tertiary/aromatic N) is 1. The molecule has 0 radical (unpaired) electrons. The summed E-state index contributed by atoms with van der Waals surface area (Å²) < 4.78 is 0. The minimum Gasteiger partial charge on any atom is -0.329 e. The van der Waals surface area contributed by atoms with Crippen LogP contribution in [-0.4, -0.2) is 28.6 Å². The van der Waals surface area contributed by atoms with Gasteiger partial charge in [0.25, 0.3) is 0 Å². The first-order valence-electron chi connectivity index (χ1n) is 5.10. The topological polar surface area (TPSA) is 29.3 Å². The predicted octanol–water partition coefficient (Wildman–Crippen LogP) is 2.23. The first-order valence-corrected chi connectivity index (χ1v) is 5.10. The largest absolute Gasteiger partial charge is 0.329 e. The van der Waals surface area contributed by atoms with Crippen molar-refractivity contribution in [3.05, 3.63) is 0 Å². The van der Waals surface area contributed by atoms with E-state index in [-0.39, 0.29) is 11.1 Å². The van der Waals surface area contributed by atoms with Crippen molar-refractivity contribution in [3.63, 3.8) is 0 Å². The Morgan fingerprint density at radius 2 is 1.31 bits per heavy atom. The summed E-state index contributed by atoms with van der Waals surface area (Å²) in [6, 6.07) is 0.431. The molecule has 0 aromatic heterocycles. The molecular formula is C11H26N2. The van der Waals surface area contributed by atoms with E-state index >= 15 is 0 Å². The van der Waals surface area contributed by atoms with E-state index in [1.807, 2.05) is 0 Å². The van der Waals surface area contributed by atoms with Gasteiger partial charge in [-0.15, -0.1) is 0 Å². The number of rotatable bonds is 2. The van der Waals surface area contributed by atoms with E-state index in [4.69, 9.17) is 5.73 Å². The summed E-state index contributed by atoms with van der Waals surface area (Å²) in [5.41, 5.74) is 6.08. The third kappa shape index (κ3) is 3.65. The smallest absolute Gasteiger partial charge is 0.0200 e. The lowest BCUT2D eigenvalue weighted by molar-refractivity contribution is 0.00451. The van der Waals surface area contributed by atoms with Gasteiger partial charge in [0.1, 0.15) is 0 Å². The van der Waals surface area contributed by atoms with Crippen molar-refractivity contribution in [2.45, 2.75) is 65.6 Å². The Balaban J connectivity index is 4.78. The average Bonchev–Trinajstić information content (AvgIpc) is 1.80. The second-order valence-electron chi connectivity index (χ2n) is 5.80. The van der Waals surface area contributed by atoms with Gasteiger partial charge in [0.15, 0.2) is 0 Å². The van der Waals surface area contributed by atoms with Crippen molar-refractivity contribution < 1.29 is 0 Å². The van der Waals surface area contributed by atoms with E-state index in [2.05, 4.69) is 53.4 Å². The molecule has 0 heterocycles. The molecule has 1 unspecified atom stereocenters. The Kier molecular flexibility index (Phi) is 3.95. The molecule has 0 amide bonds. The van der Waals surface area contributed by atoms with Crippen molar-refractivity contribution in [2.24, 2.45) is 5.73 Å². The first-order chi connectivity index (χ1) is 5.60. The highest BCUT2D eigenvalue weighted by atomic mass is 15.3. The summed E-state index contributed by atoms with van der Waals surface area (Å²) in [4.78, 5) is 2.47. The standard InChI is InChI=1S/C11H26N2/c1-9(8-12)13(10(2,3)4)11(5,6)7/h9H,8,12H2,1-7H3. The van der Waals surface area contributed by atoms with Crippen molar-refractivity contribution in [3.8, 4) is 0 Å². The zero-order valence-corrected chi connectivity index (χ0v) is 10.3. The second-order valence-corrected chi connectivity index (χ2v) is 5.80. The van der Waals surface area contributed by atoms with Gasteiger partial charge in [-0.3, -0.25) is 4.90 Å². The molecule has 2 nitrogen and oxygen atoms in total. The molecular weight excluding hydrogens is 160 g/mol. The number of nitrogens with two attached hydrogens (primary N) is 1. The van der Waals surface area contributed by atoms with Gasteiger partial charge in [-0.1, -0.05) is 0 Å². The van der Waals surface area contributed by atoms with Gasteiger partial charge in [0.05, 0.1) is 0 Å². The minimum atomic E-state index is 0.178. The van der Waals surface area contributed by atoms with Gasteiger partial charge in [-0.2, -0.15) is 0 Å². The van der Waals surface area contributed by atoms with E-state index in [9.17, 15) is 0 Å². The highest BCUT2D eigenvalue weighted by molar-refractivity contribution is 4.90. The molecule has 0 saturated heterocycles. The van der Waals surface area contributed by atoms with Crippen LogP contribution < -0.4 is 5.73 Å². The minimum absolute atomic E-state index is 0.178. The molecule has 0 bridgehead atoms. The Morgan fingerprint density at radius 1 is 1.00 bits per heavy atom. The van der Waals surface area contributed by atoms with Gasteiger partial charge in [-0.05, 0) is 48.5 Å². The molecule has 0 saturated carbocycles. The predicted molar refractivity (Wildman–Crippen MR) is 59.9 cm³/mol. The van der Waals surface area contributed by atoms with Crippen LogP contribution >= 0.6 is 0 Å². The van der Waals surface area contributed by atoms with Gasteiger partial charge < -0.3 is 5.73 Å². The van der Waals surface area contributed by atoms with Crippen LogP contribution in [0.25, 0.3) is 0 Å². The maximum Gasteiger partial charge on any atom is 0.0200 e. The monoisotopic (exact) mass is 186 g/mol. The van der Waals surface area contributed by atoms with Crippen molar-refractivity contribution in [2.75, 3.05) is 6.54 Å². The molecule has 0 aromatic rings. The third-order valence-corrected chi connectivity index (χ3v) is 2.23. The van der Waals surface area contributed by atoms with Crippen molar-refractivity contribution in [1.29, 1.82) is 0 Å². The van der Waals surface area contributed by atoms with E-state index < -0.39 is 0 Å². The van der Waals surface area contributed by atoms with Crippen LogP contribution in [0.15, 0.2) is 0 Å². The van der Waals surface area contributed by atoms with Crippen molar-refractivity contribution >= 4 is 0 Å². The van der Waals surface area contributed by atoms with Gasteiger partial charge in [0, 0.05) is 23.7 Å². The number of hydrogen-bond acceptors (Lipinski definition) is 2. The van der Waals surface area contributed by atoms with E-state index in [0.29, 0.717) is 12.6 Å². The fourth-order valence-corrected chi connectivity index (χ4v) is 2.43. The SMILES string of the molecule is CC(CN)N(C(C)(C)C)C(C)(C)C. The lowest BCUT2D eigenvalue weighted by Gasteiger charge is -2.49. The van der Waals surface area contributed by atoms with Crippen LogP contribution in [0.2, 0.25) is 0 Å². The summed E-state index contributed by atoms with van der Waals surface area (Å²) in [6.45, 7) is 16.4. The molecule has 0 spiro atoms. The van der Waals surface area contributed by atoms with Gasteiger partial charge >= 0.3 is 0 Å². The maximum atomic E-state index is 5.72. The summed E-state index contributed by atoms with van der Waals surface area (Å²) in [5, 5.41) is 0. The van der Waals surface area contributed by atoms with Crippen LogP contribution in [0, 0.1) is 0 Å². The molecule has 0 rings (SSSR count). The van der Waals surface area contributed by atoms with E-state index in [1.54, 1.807) is 0 Å². The van der Waals surface area contributed by atoms with E-state index in [0.717, 1.165) is 0 Å². The molecule has 13 heavy (non-hydrogen) atoms. The molecule has 2 N–H and O–H groups in total. The van der Waals surface area contributed by atoms with Gasteiger partial charge in [0.2, 0.25) is 0 Å². The fraction of sp³-hybridized carbons (Fsp3) is 1.00. The number of hydrogen-bond donors (Lipinski definition) is 1. The van der Waals surface area contributed by atoms with Crippen LogP contribution in [-0.2, 0) is 0 Å². The molecule has 0 aliphatic carbocycles.